The smallest absolute Gasteiger partial charge is 0.305 e. The number of aryl methyl sites for hydroxylation is 2. The number of nitrogens with zero attached hydrogens (tertiary/aromatic N) is 3. The number of hydrogen-bond donors (Lipinski definition) is 2. The van der Waals surface area contributed by atoms with Crippen molar-refractivity contribution >= 4 is 17.5 Å². The van der Waals surface area contributed by atoms with Gasteiger partial charge in [-0.3, -0.25) is 9.59 Å². The monoisotopic (exact) mass is 302 g/mol. The maximum atomic E-state index is 12.5. The Balaban J connectivity index is 1.89. The Hall–Kier alpha value is -2.44. The molecule has 22 heavy (non-hydrogen) atoms. The zero-order valence-corrected chi connectivity index (χ0v) is 12.6. The number of nitrogens with one attached hydrogen (secondary N) is 1. The van der Waals surface area contributed by atoms with Gasteiger partial charge in [-0.25, -0.2) is 9.50 Å². The van der Waals surface area contributed by atoms with E-state index in [1.165, 1.54) is 6.20 Å². The lowest BCUT2D eigenvalue weighted by atomic mass is 9.74. The predicted octanol–water partition coefficient (Wildman–Crippen LogP) is 1.47. The van der Waals surface area contributed by atoms with Crippen LogP contribution in [0.15, 0.2) is 12.3 Å². The van der Waals surface area contributed by atoms with Crippen molar-refractivity contribution in [3.05, 3.63) is 29.2 Å². The molecule has 0 unspecified atom stereocenters. The number of aromatic nitrogens is 3. The molecule has 1 aliphatic rings. The standard InChI is InChI=1S/C15H18N4O3/c1-9-6-12-16-8-11(10(2)19(12)18-9)14(22)17-15(4-3-5-15)7-13(20)21/h6,8H,3-5,7H2,1-2H3,(H,17,22)(H,20,21). The largest absolute Gasteiger partial charge is 0.481 e. The lowest BCUT2D eigenvalue weighted by Crippen LogP contribution is -2.54. The molecule has 1 saturated carbocycles. The first-order valence-electron chi connectivity index (χ1n) is 7.26. The molecular formula is C15H18N4O3. The Kier molecular flexibility index (Phi) is 3.35. The van der Waals surface area contributed by atoms with E-state index in [1.54, 1.807) is 11.4 Å². The van der Waals surface area contributed by atoms with Gasteiger partial charge in [0.2, 0.25) is 0 Å². The van der Waals surface area contributed by atoms with E-state index in [1.807, 2.05) is 13.0 Å². The average molecular weight is 302 g/mol. The van der Waals surface area contributed by atoms with Crippen LogP contribution in [0.2, 0.25) is 0 Å². The third-order valence-corrected chi connectivity index (χ3v) is 4.27. The minimum atomic E-state index is -0.895. The number of rotatable bonds is 4. The van der Waals surface area contributed by atoms with Gasteiger partial charge in [-0.15, -0.1) is 0 Å². The van der Waals surface area contributed by atoms with E-state index in [0.717, 1.165) is 12.1 Å². The number of aliphatic carboxylic acids is 1. The van der Waals surface area contributed by atoms with Crippen molar-refractivity contribution in [2.24, 2.45) is 0 Å². The van der Waals surface area contributed by atoms with E-state index in [4.69, 9.17) is 5.11 Å². The van der Waals surface area contributed by atoms with Crippen molar-refractivity contribution < 1.29 is 14.7 Å². The first kappa shape index (κ1) is 14.5. The summed E-state index contributed by atoms with van der Waals surface area (Å²) >= 11 is 0. The van der Waals surface area contributed by atoms with Crippen LogP contribution >= 0.6 is 0 Å². The third kappa shape index (κ3) is 2.43. The maximum Gasteiger partial charge on any atom is 0.305 e. The van der Waals surface area contributed by atoms with Crippen molar-refractivity contribution in [3.63, 3.8) is 0 Å². The van der Waals surface area contributed by atoms with E-state index >= 15 is 0 Å². The molecule has 7 heteroatoms. The minimum Gasteiger partial charge on any atom is -0.481 e. The Labute approximate surface area is 127 Å². The molecule has 116 valence electrons. The zero-order chi connectivity index (χ0) is 15.9. The van der Waals surface area contributed by atoms with E-state index in [0.29, 0.717) is 29.7 Å². The molecule has 3 rings (SSSR count). The lowest BCUT2D eigenvalue weighted by Gasteiger charge is -2.41. The normalized spacial score (nSPS) is 16.3. The van der Waals surface area contributed by atoms with E-state index < -0.39 is 11.5 Å². The lowest BCUT2D eigenvalue weighted by molar-refractivity contribution is -0.139. The molecule has 2 N–H and O–H groups in total. The summed E-state index contributed by atoms with van der Waals surface area (Å²) in [6.07, 6.45) is 3.80. The molecule has 0 aromatic carbocycles. The molecule has 0 spiro atoms. The molecule has 1 aliphatic carbocycles. The molecule has 0 aliphatic heterocycles. The first-order chi connectivity index (χ1) is 10.4. The fourth-order valence-electron chi connectivity index (χ4n) is 2.93. The summed E-state index contributed by atoms with van der Waals surface area (Å²) in [7, 11) is 0. The van der Waals surface area contributed by atoms with Gasteiger partial charge in [0.15, 0.2) is 5.65 Å². The molecule has 0 bridgehead atoms. The van der Waals surface area contributed by atoms with E-state index in [-0.39, 0.29) is 12.3 Å². The van der Waals surface area contributed by atoms with E-state index in [2.05, 4.69) is 15.4 Å². The summed E-state index contributed by atoms with van der Waals surface area (Å²) in [5, 5.41) is 16.2. The summed E-state index contributed by atoms with van der Waals surface area (Å²) in [4.78, 5) is 27.8. The topological polar surface area (TPSA) is 96.6 Å². The predicted molar refractivity (Wildman–Crippen MR) is 78.8 cm³/mol. The Morgan fingerprint density at radius 3 is 2.73 bits per heavy atom. The molecule has 2 aromatic heterocycles. The molecular weight excluding hydrogens is 284 g/mol. The highest BCUT2D eigenvalue weighted by molar-refractivity contribution is 5.96. The van der Waals surface area contributed by atoms with Gasteiger partial charge in [0, 0.05) is 12.3 Å². The fourth-order valence-corrected chi connectivity index (χ4v) is 2.93. The molecule has 7 nitrogen and oxygen atoms in total. The highest BCUT2D eigenvalue weighted by Crippen LogP contribution is 2.35. The van der Waals surface area contributed by atoms with E-state index in [9.17, 15) is 9.59 Å². The minimum absolute atomic E-state index is 0.0473. The number of carbonyl (C=O) groups is 2. The maximum absolute atomic E-state index is 12.5. The van der Waals surface area contributed by atoms with Crippen LogP contribution in [0.25, 0.3) is 5.65 Å². The molecule has 0 saturated heterocycles. The van der Waals surface area contributed by atoms with Crippen molar-refractivity contribution in [1.29, 1.82) is 0 Å². The third-order valence-electron chi connectivity index (χ3n) is 4.27. The van der Waals surface area contributed by atoms with Crippen LogP contribution in [0, 0.1) is 13.8 Å². The van der Waals surface area contributed by atoms with Gasteiger partial charge in [-0.2, -0.15) is 5.10 Å². The summed E-state index contributed by atoms with van der Waals surface area (Å²) in [6.45, 7) is 3.67. The Bertz CT molecular complexity index is 761. The average Bonchev–Trinajstić information content (AvgIpc) is 2.77. The molecule has 2 heterocycles. The van der Waals surface area contributed by atoms with Gasteiger partial charge in [-0.05, 0) is 33.1 Å². The van der Waals surface area contributed by atoms with Crippen LogP contribution in [-0.4, -0.2) is 37.1 Å². The van der Waals surface area contributed by atoms with Crippen LogP contribution in [0.5, 0.6) is 0 Å². The summed E-state index contributed by atoms with van der Waals surface area (Å²) < 4.78 is 1.63. The van der Waals surface area contributed by atoms with Crippen molar-refractivity contribution in [2.45, 2.75) is 45.1 Å². The van der Waals surface area contributed by atoms with Crippen LogP contribution < -0.4 is 5.32 Å². The molecule has 0 atom stereocenters. The van der Waals surface area contributed by atoms with Crippen LogP contribution in [0.3, 0.4) is 0 Å². The molecule has 0 radical (unpaired) electrons. The summed E-state index contributed by atoms with van der Waals surface area (Å²) in [5.41, 5.74) is 2.02. The highest BCUT2D eigenvalue weighted by atomic mass is 16.4. The van der Waals surface area contributed by atoms with Crippen molar-refractivity contribution in [3.8, 4) is 0 Å². The van der Waals surface area contributed by atoms with Gasteiger partial charge in [0.1, 0.15) is 0 Å². The van der Waals surface area contributed by atoms with Crippen LogP contribution in [0.4, 0.5) is 0 Å². The summed E-state index contributed by atoms with van der Waals surface area (Å²) in [6, 6.07) is 1.84. The zero-order valence-electron chi connectivity index (χ0n) is 12.6. The van der Waals surface area contributed by atoms with Gasteiger partial charge >= 0.3 is 5.97 Å². The first-order valence-corrected chi connectivity index (χ1v) is 7.26. The van der Waals surface area contributed by atoms with Gasteiger partial charge < -0.3 is 10.4 Å². The van der Waals surface area contributed by atoms with Crippen LogP contribution in [0.1, 0.15) is 47.4 Å². The van der Waals surface area contributed by atoms with Gasteiger partial charge in [0.25, 0.3) is 5.91 Å². The number of carbonyl (C=O) groups excluding carboxylic acids is 1. The number of hydrogen-bond acceptors (Lipinski definition) is 4. The second-order valence-electron chi connectivity index (χ2n) is 5.97. The Morgan fingerprint density at radius 1 is 1.41 bits per heavy atom. The van der Waals surface area contributed by atoms with Crippen LogP contribution in [-0.2, 0) is 4.79 Å². The molecule has 1 amide bonds. The fraction of sp³-hybridized carbons (Fsp3) is 0.467. The highest BCUT2D eigenvalue weighted by Gasteiger charge is 2.40. The second kappa shape index (κ2) is 5.08. The number of amides is 1. The van der Waals surface area contributed by atoms with Gasteiger partial charge in [0.05, 0.1) is 28.9 Å². The van der Waals surface area contributed by atoms with Crippen molar-refractivity contribution in [1.82, 2.24) is 19.9 Å². The Morgan fingerprint density at radius 2 is 2.14 bits per heavy atom. The SMILES string of the molecule is Cc1cc2ncc(C(=O)NC3(CC(=O)O)CCC3)c(C)n2n1. The number of carboxylic acids is 1. The number of carboxylic acid groups (broad SMARTS) is 1. The quantitative estimate of drug-likeness (QED) is 0.891. The molecule has 1 fully saturated rings. The number of fused-ring (bicyclic) bond motifs is 1. The van der Waals surface area contributed by atoms with Gasteiger partial charge in [-0.1, -0.05) is 0 Å². The summed E-state index contributed by atoms with van der Waals surface area (Å²) in [5.74, 6) is -1.19. The van der Waals surface area contributed by atoms with Crippen molar-refractivity contribution in [2.75, 3.05) is 0 Å². The molecule has 2 aromatic rings. The second-order valence-corrected chi connectivity index (χ2v) is 5.97.